The summed E-state index contributed by atoms with van der Waals surface area (Å²) in [4.78, 5) is 14.3. The highest BCUT2D eigenvalue weighted by Crippen LogP contribution is 2.05. The molecule has 0 bridgehead atoms. The zero-order chi connectivity index (χ0) is 13.5. The summed E-state index contributed by atoms with van der Waals surface area (Å²) in [5, 5.41) is 0. The van der Waals surface area contributed by atoms with Crippen LogP contribution in [0.1, 0.15) is 24.3 Å². The highest BCUT2D eigenvalue weighted by atomic mass is 16.5. The van der Waals surface area contributed by atoms with Crippen molar-refractivity contribution < 1.29 is 9.53 Å². The van der Waals surface area contributed by atoms with Gasteiger partial charge in [-0.1, -0.05) is 13.8 Å². The third kappa shape index (κ3) is 4.63. The summed E-state index contributed by atoms with van der Waals surface area (Å²) in [5.41, 5.74) is 0.765. The first-order chi connectivity index (χ1) is 8.54. The first-order valence-corrected chi connectivity index (χ1v) is 6.40. The van der Waals surface area contributed by atoms with E-state index in [0.717, 1.165) is 18.8 Å². The van der Waals surface area contributed by atoms with Crippen molar-refractivity contribution in [3.63, 3.8) is 0 Å². The summed E-state index contributed by atoms with van der Waals surface area (Å²) in [5.74, 6) is 0.710. The number of rotatable bonds is 8. The topological polar surface area (TPSA) is 34.5 Å². The van der Waals surface area contributed by atoms with Crippen LogP contribution in [0, 0.1) is 5.92 Å². The molecule has 0 fully saturated rings. The van der Waals surface area contributed by atoms with Crippen molar-refractivity contribution in [2.45, 2.75) is 13.8 Å². The van der Waals surface area contributed by atoms with E-state index in [1.807, 2.05) is 29.9 Å². The fourth-order valence-corrected chi connectivity index (χ4v) is 2.01. The Morgan fingerprint density at radius 3 is 2.72 bits per heavy atom. The van der Waals surface area contributed by atoms with Gasteiger partial charge in [-0.25, -0.2) is 0 Å². The van der Waals surface area contributed by atoms with Gasteiger partial charge in [-0.15, -0.1) is 0 Å². The van der Waals surface area contributed by atoms with E-state index in [2.05, 4.69) is 18.7 Å². The van der Waals surface area contributed by atoms with Crippen LogP contribution < -0.4 is 0 Å². The van der Waals surface area contributed by atoms with Gasteiger partial charge in [0.25, 0.3) is 0 Å². The van der Waals surface area contributed by atoms with E-state index in [1.54, 1.807) is 7.11 Å². The molecule has 0 saturated carbocycles. The molecule has 0 aliphatic heterocycles. The Labute approximate surface area is 110 Å². The molecule has 0 aliphatic carbocycles. The van der Waals surface area contributed by atoms with Crippen LogP contribution in [0.2, 0.25) is 0 Å². The summed E-state index contributed by atoms with van der Waals surface area (Å²) >= 11 is 0. The molecule has 1 aromatic heterocycles. The maximum Gasteiger partial charge on any atom is 0.193 e. The number of hydrogen-bond acceptors (Lipinski definition) is 3. The molecule has 1 heterocycles. The Hall–Kier alpha value is -1.13. The van der Waals surface area contributed by atoms with Crippen molar-refractivity contribution >= 4 is 5.78 Å². The average Bonchev–Trinajstić information content (AvgIpc) is 2.71. The molecule has 1 aromatic rings. The first kappa shape index (κ1) is 14.9. The Bertz CT molecular complexity index is 372. The zero-order valence-electron chi connectivity index (χ0n) is 11.8. The molecule has 1 rings (SSSR count). The van der Waals surface area contributed by atoms with E-state index < -0.39 is 0 Å². The SMILES string of the molecule is COCCN(CC(=O)c1cccn1C)CC(C)C. The van der Waals surface area contributed by atoms with Crippen molar-refractivity contribution in [2.24, 2.45) is 13.0 Å². The zero-order valence-corrected chi connectivity index (χ0v) is 11.8. The molecule has 0 amide bonds. The van der Waals surface area contributed by atoms with Gasteiger partial charge in [0, 0.05) is 33.4 Å². The molecule has 0 aromatic carbocycles. The maximum absolute atomic E-state index is 12.2. The molecular formula is C14H24N2O2. The van der Waals surface area contributed by atoms with Gasteiger partial charge in [0.2, 0.25) is 0 Å². The summed E-state index contributed by atoms with van der Waals surface area (Å²) in [6.07, 6.45) is 1.90. The number of ketones is 1. The van der Waals surface area contributed by atoms with Crippen LogP contribution in [0.15, 0.2) is 18.3 Å². The highest BCUT2D eigenvalue weighted by Gasteiger charge is 2.15. The standard InChI is InChI=1S/C14H24N2O2/c1-12(2)10-16(8-9-18-4)11-14(17)13-6-5-7-15(13)3/h5-7,12H,8-11H2,1-4H3. The fourth-order valence-electron chi connectivity index (χ4n) is 2.01. The number of carbonyl (C=O) groups is 1. The van der Waals surface area contributed by atoms with E-state index in [9.17, 15) is 4.79 Å². The molecular weight excluding hydrogens is 228 g/mol. The van der Waals surface area contributed by atoms with Crippen molar-refractivity contribution in [2.75, 3.05) is 33.4 Å². The molecule has 0 saturated heterocycles. The summed E-state index contributed by atoms with van der Waals surface area (Å²) in [6, 6.07) is 3.77. The number of aromatic nitrogens is 1. The number of carbonyl (C=O) groups excluding carboxylic acids is 1. The van der Waals surface area contributed by atoms with Gasteiger partial charge in [0.1, 0.15) is 0 Å². The smallest absolute Gasteiger partial charge is 0.193 e. The Balaban J connectivity index is 2.59. The summed E-state index contributed by atoms with van der Waals surface area (Å²) in [7, 11) is 3.59. The van der Waals surface area contributed by atoms with Crippen LogP contribution in [0.5, 0.6) is 0 Å². The molecule has 4 nitrogen and oxygen atoms in total. The van der Waals surface area contributed by atoms with Crippen molar-refractivity contribution in [3.05, 3.63) is 24.0 Å². The van der Waals surface area contributed by atoms with Gasteiger partial charge >= 0.3 is 0 Å². The summed E-state index contributed by atoms with van der Waals surface area (Å²) < 4.78 is 6.96. The van der Waals surface area contributed by atoms with Crippen molar-refractivity contribution in [1.82, 2.24) is 9.47 Å². The number of methoxy groups -OCH3 is 1. The third-order valence-corrected chi connectivity index (χ3v) is 2.83. The normalized spacial score (nSPS) is 11.4. The second kappa shape index (κ2) is 7.34. The van der Waals surface area contributed by atoms with Crippen LogP contribution >= 0.6 is 0 Å². The van der Waals surface area contributed by atoms with E-state index in [0.29, 0.717) is 19.1 Å². The monoisotopic (exact) mass is 252 g/mol. The largest absolute Gasteiger partial charge is 0.383 e. The van der Waals surface area contributed by atoms with Gasteiger partial charge in [-0.3, -0.25) is 9.69 Å². The van der Waals surface area contributed by atoms with Crippen LogP contribution in [0.3, 0.4) is 0 Å². The quantitative estimate of drug-likeness (QED) is 0.662. The number of ether oxygens (including phenoxy) is 1. The maximum atomic E-state index is 12.2. The highest BCUT2D eigenvalue weighted by molar-refractivity contribution is 5.96. The molecule has 102 valence electrons. The van der Waals surface area contributed by atoms with E-state index in [1.165, 1.54) is 0 Å². The van der Waals surface area contributed by atoms with Crippen molar-refractivity contribution in [3.8, 4) is 0 Å². The number of nitrogens with zero attached hydrogens (tertiary/aromatic N) is 2. The lowest BCUT2D eigenvalue weighted by Gasteiger charge is -2.23. The second-order valence-corrected chi connectivity index (χ2v) is 5.05. The van der Waals surface area contributed by atoms with Crippen LogP contribution in [-0.2, 0) is 11.8 Å². The molecule has 4 heteroatoms. The van der Waals surface area contributed by atoms with Crippen molar-refractivity contribution in [1.29, 1.82) is 0 Å². The van der Waals surface area contributed by atoms with Gasteiger partial charge < -0.3 is 9.30 Å². The van der Waals surface area contributed by atoms with E-state index in [-0.39, 0.29) is 5.78 Å². The minimum atomic E-state index is 0.166. The minimum absolute atomic E-state index is 0.166. The molecule has 18 heavy (non-hydrogen) atoms. The minimum Gasteiger partial charge on any atom is -0.383 e. The molecule has 0 spiro atoms. The predicted molar refractivity (Wildman–Crippen MR) is 72.9 cm³/mol. The third-order valence-electron chi connectivity index (χ3n) is 2.83. The van der Waals surface area contributed by atoms with Crippen LogP contribution in [0.4, 0.5) is 0 Å². The Morgan fingerprint density at radius 2 is 2.22 bits per heavy atom. The number of Topliss-reactive ketones (excluding diaryl/α,β-unsaturated/α-hetero) is 1. The summed E-state index contributed by atoms with van der Waals surface area (Å²) in [6.45, 7) is 7.15. The molecule has 0 atom stereocenters. The molecule has 0 radical (unpaired) electrons. The van der Waals surface area contributed by atoms with Gasteiger partial charge in [0.15, 0.2) is 5.78 Å². The average molecular weight is 252 g/mol. The first-order valence-electron chi connectivity index (χ1n) is 6.40. The van der Waals surface area contributed by atoms with E-state index >= 15 is 0 Å². The molecule has 0 N–H and O–H groups in total. The second-order valence-electron chi connectivity index (χ2n) is 5.05. The van der Waals surface area contributed by atoms with Crippen LogP contribution in [0.25, 0.3) is 0 Å². The Kier molecular flexibility index (Phi) is 6.09. The lowest BCUT2D eigenvalue weighted by Crippen LogP contribution is -2.36. The lowest BCUT2D eigenvalue weighted by molar-refractivity contribution is 0.0873. The molecule has 0 aliphatic rings. The molecule has 0 unspecified atom stereocenters. The van der Waals surface area contributed by atoms with Gasteiger partial charge in [0.05, 0.1) is 18.8 Å². The van der Waals surface area contributed by atoms with Crippen LogP contribution in [-0.4, -0.2) is 48.6 Å². The lowest BCUT2D eigenvalue weighted by atomic mass is 10.2. The van der Waals surface area contributed by atoms with Gasteiger partial charge in [-0.2, -0.15) is 0 Å². The predicted octanol–water partition coefficient (Wildman–Crippen LogP) is 1.81. The number of hydrogen-bond donors (Lipinski definition) is 0. The van der Waals surface area contributed by atoms with E-state index in [4.69, 9.17) is 4.74 Å². The fraction of sp³-hybridized carbons (Fsp3) is 0.643. The number of aryl methyl sites for hydroxylation is 1. The Morgan fingerprint density at radius 1 is 1.50 bits per heavy atom. The van der Waals surface area contributed by atoms with Gasteiger partial charge in [-0.05, 0) is 18.1 Å².